The highest BCUT2D eigenvalue weighted by Gasteiger charge is 2.33. The predicted molar refractivity (Wildman–Crippen MR) is 156 cm³/mol. The molecule has 1 unspecified atom stereocenters. The number of carbonyl (C=O) groups is 2. The number of nitrogens with zero attached hydrogens (tertiary/aromatic N) is 2. The fourth-order valence-electron chi connectivity index (χ4n) is 4.46. The summed E-state index contributed by atoms with van der Waals surface area (Å²) in [6.45, 7) is 9.92. The van der Waals surface area contributed by atoms with Crippen molar-refractivity contribution < 1.29 is 18.0 Å². The maximum absolute atomic E-state index is 14.0. The van der Waals surface area contributed by atoms with Gasteiger partial charge in [0, 0.05) is 13.1 Å². The van der Waals surface area contributed by atoms with Crippen molar-refractivity contribution in [3.05, 3.63) is 95.6 Å². The van der Waals surface area contributed by atoms with E-state index in [1.165, 1.54) is 17.0 Å². The van der Waals surface area contributed by atoms with Crippen LogP contribution in [-0.2, 0) is 26.2 Å². The van der Waals surface area contributed by atoms with Crippen LogP contribution in [0.5, 0.6) is 0 Å². The van der Waals surface area contributed by atoms with Gasteiger partial charge in [-0.05, 0) is 67.1 Å². The van der Waals surface area contributed by atoms with E-state index in [-0.39, 0.29) is 23.3 Å². The molecule has 0 aromatic heterocycles. The molecule has 0 spiro atoms. The molecule has 39 heavy (non-hydrogen) atoms. The molecule has 0 fully saturated rings. The zero-order chi connectivity index (χ0) is 28.6. The first-order chi connectivity index (χ1) is 18.6. The molecule has 1 N–H and O–H groups in total. The van der Waals surface area contributed by atoms with E-state index in [2.05, 4.69) is 19.2 Å². The second kappa shape index (κ2) is 13.4. The molecule has 3 aromatic rings. The Morgan fingerprint density at radius 1 is 0.872 bits per heavy atom. The molecule has 0 aliphatic heterocycles. The second-order valence-corrected chi connectivity index (χ2v) is 11.7. The van der Waals surface area contributed by atoms with Gasteiger partial charge in [-0.1, -0.05) is 75.4 Å². The number of anilines is 1. The van der Waals surface area contributed by atoms with Gasteiger partial charge in [0.15, 0.2) is 0 Å². The molecule has 0 heterocycles. The summed E-state index contributed by atoms with van der Waals surface area (Å²) in [6.07, 6.45) is 0.387. The van der Waals surface area contributed by atoms with Crippen molar-refractivity contribution in [2.75, 3.05) is 17.4 Å². The first kappa shape index (κ1) is 29.9. The van der Waals surface area contributed by atoms with E-state index in [1.54, 1.807) is 30.3 Å². The largest absolute Gasteiger partial charge is 0.355 e. The highest BCUT2D eigenvalue weighted by Crippen LogP contribution is 2.27. The summed E-state index contributed by atoms with van der Waals surface area (Å²) in [6, 6.07) is 22.2. The Hall–Kier alpha value is -3.65. The van der Waals surface area contributed by atoms with Crippen molar-refractivity contribution in [1.29, 1.82) is 0 Å². The molecule has 0 saturated heterocycles. The maximum atomic E-state index is 14.0. The summed E-state index contributed by atoms with van der Waals surface area (Å²) in [5.41, 5.74) is 3.33. The fourth-order valence-corrected chi connectivity index (χ4v) is 5.89. The summed E-state index contributed by atoms with van der Waals surface area (Å²) in [7, 11) is -4.07. The first-order valence-corrected chi connectivity index (χ1v) is 14.8. The molecule has 2 amide bonds. The van der Waals surface area contributed by atoms with Crippen LogP contribution in [0, 0.1) is 6.92 Å². The Kier molecular flexibility index (Phi) is 10.3. The molecule has 1 atom stereocenters. The number of rotatable bonds is 12. The highest BCUT2D eigenvalue weighted by molar-refractivity contribution is 7.92. The summed E-state index contributed by atoms with van der Waals surface area (Å²) in [5.74, 6) is -0.448. The Morgan fingerprint density at radius 2 is 1.49 bits per heavy atom. The van der Waals surface area contributed by atoms with Gasteiger partial charge in [0.1, 0.15) is 12.6 Å². The molecule has 0 saturated carbocycles. The number of carbonyl (C=O) groups excluding carboxylic acids is 2. The van der Waals surface area contributed by atoms with E-state index >= 15 is 0 Å². The van der Waals surface area contributed by atoms with Crippen LogP contribution in [0.2, 0.25) is 0 Å². The molecule has 3 aromatic carbocycles. The average molecular weight is 550 g/mol. The first-order valence-electron chi connectivity index (χ1n) is 13.4. The third kappa shape index (κ3) is 7.26. The molecule has 0 aliphatic rings. The van der Waals surface area contributed by atoms with Gasteiger partial charge in [0.2, 0.25) is 11.8 Å². The van der Waals surface area contributed by atoms with Gasteiger partial charge in [-0.3, -0.25) is 13.9 Å². The van der Waals surface area contributed by atoms with Gasteiger partial charge in [-0.25, -0.2) is 8.42 Å². The zero-order valence-corrected chi connectivity index (χ0v) is 24.2. The molecular formula is C31H39N3O4S. The third-order valence-electron chi connectivity index (χ3n) is 6.80. The summed E-state index contributed by atoms with van der Waals surface area (Å²) in [4.78, 5) is 28.7. The summed E-state index contributed by atoms with van der Waals surface area (Å²) in [5, 5.41) is 2.83. The lowest BCUT2D eigenvalue weighted by molar-refractivity contribution is -0.140. The monoisotopic (exact) mass is 549 g/mol. The Balaban J connectivity index is 2.07. The highest BCUT2D eigenvalue weighted by atomic mass is 32.2. The minimum atomic E-state index is -4.07. The van der Waals surface area contributed by atoms with E-state index in [0.717, 1.165) is 21.0 Å². The van der Waals surface area contributed by atoms with E-state index < -0.39 is 28.5 Å². The molecule has 0 radical (unpaired) electrons. The lowest BCUT2D eigenvalue weighted by atomic mass is 10.0. The number of likely N-dealkylation sites (N-methyl/N-ethyl adjacent to an activating group) is 1. The van der Waals surface area contributed by atoms with Crippen LogP contribution in [0.1, 0.15) is 56.7 Å². The van der Waals surface area contributed by atoms with Crippen molar-refractivity contribution in [2.45, 2.75) is 64.4 Å². The van der Waals surface area contributed by atoms with E-state index in [0.29, 0.717) is 18.7 Å². The Morgan fingerprint density at radius 3 is 2.05 bits per heavy atom. The number of sulfonamides is 1. The van der Waals surface area contributed by atoms with E-state index in [4.69, 9.17) is 0 Å². The number of nitrogens with one attached hydrogen (secondary N) is 1. The lowest BCUT2D eigenvalue weighted by Gasteiger charge is -2.33. The minimum Gasteiger partial charge on any atom is -0.355 e. The van der Waals surface area contributed by atoms with Crippen molar-refractivity contribution in [2.24, 2.45) is 0 Å². The third-order valence-corrected chi connectivity index (χ3v) is 8.58. The van der Waals surface area contributed by atoms with Crippen molar-refractivity contribution in [3.8, 4) is 0 Å². The fraction of sp³-hybridized carbons (Fsp3) is 0.355. The zero-order valence-electron chi connectivity index (χ0n) is 23.4. The smallest absolute Gasteiger partial charge is 0.264 e. The number of hydrogen-bond donors (Lipinski definition) is 1. The molecular weight excluding hydrogens is 510 g/mol. The van der Waals surface area contributed by atoms with Gasteiger partial charge in [-0.15, -0.1) is 0 Å². The Labute approximate surface area is 232 Å². The van der Waals surface area contributed by atoms with Crippen LogP contribution in [-0.4, -0.2) is 44.3 Å². The van der Waals surface area contributed by atoms with Crippen LogP contribution < -0.4 is 9.62 Å². The van der Waals surface area contributed by atoms with Gasteiger partial charge < -0.3 is 10.2 Å². The molecule has 8 heteroatoms. The number of aryl methyl sites for hydroxylation is 1. The summed E-state index contributed by atoms with van der Waals surface area (Å²) < 4.78 is 28.9. The van der Waals surface area contributed by atoms with Crippen LogP contribution in [0.3, 0.4) is 0 Å². The van der Waals surface area contributed by atoms with Crippen molar-refractivity contribution >= 4 is 27.5 Å². The van der Waals surface area contributed by atoms with Gasteiger partial charge in [0.05, 0.1) is 10.6 Å². The minimum absolute atomic E-state index is 0.0898. The van der Waals surface area contributed by atoms with Gasteiger partial charge in [-0.2, -0.15) is 0 Å². The maximum Gasteiger partial charge on any atom is 0.264 e. The molecule has 208 valence electrons. The number of benzene rings is 3. The van der Waals surface area contributed by atoms with Crippen molar-refractivity contribution in [1.82, 2.24) is 10.2 Å². The molecule has 7 nitrogen and oxygen atoms in total. The Bertz CT molecular complexity index is 1360. The van der Waals surface area contributed by atoms with Crippen LogP contribution in [0.25, 0.3) is 0 Å². The number of hydrogen-bond acceptors (Lipinski definition) is 4. The molecule has 0 aliphatic carbocycles. The van der Waals surface area contributed by atoms with Crippen LogP contribution in [0.4, 0.5) is 5.69 Å². The topological polar surface area (TPSA) is 86.8 Å². The average Bonchev–Trinajstić information content (AvgIpc) is 2.93. The van der Waals surface area contributed by atoms with Crippen molar-refractivity contribution in [3.63, 3.8) is 0 Å². The molecule has 0 bridgehead atoms. The van der Waals surface area contributed by atoms with E-state index in [9.17, 15) is 18.0 Å². The standard InChI is InChI=1S/C31H39N3O4S/c1-6-29(31(36)32-7-2)33(21-26-14-12-11-13-24(26)5)30(35)22-34(27-19-17-25(18-20-27)23(3)4)39(37,38)28-15-9-8-10-16-28/h8-20,23,29H,6-7,21-22H2,1-5H3,(H,32,36). The van der Waals surface area contributed by atoms with E-state index in [1.807, 2.05) is 57.2 Å². The van der Waals surface area contributed by atoms with Gasteiger partial charge >= 0.3 is 0 Å². The predicted octanol–water partition coefficient (Wildman–Crippen LogP) is 5.26. The quantitative estimate of drug-likeness (QED) is 0.334. The lowest BCUT2D eigenvalue weighted by Crippen LogP contribution is -2.52. The second-order valence-electron chi connectivity index (χ2n) is 9.84. The van der Waals surface area contributed by atoms with Crippen LogP contribution >= 0.6 is 0 Å². The molecule has 3 rings (SSSR count). The number of amides is 2. The SMILES string of the molecule is CCNC(=O)C(CC)N(Cc1ccccc1C)C(=O)CN(c1ccc(C(C)C)cc1)S(=O)(=O)c1ccccc1. The van der Waals surface area contributed by atoms with Gasteiger partial charge in [0.25, 0.3) is 10.0 Å². The normalized spacial score (nSPS) is 12.2. The summed E-state index contributed by atoms with van der Waals surface area (Å²) >= 11 is 0. The van der Waals surface area contributed by atoms with Crippen LogP contribution in [0.15, 0.2) is 83.8 Å².